The largest absolute Gasteiger partial charge is 0.389 e. The molecule has 3 N–H and O–H groups in total. The van der Waals surface area contributed by atoms with Crippen LogP contribution in [0, 0.1) is 28.8 Å². The summed E-state index contributed by atoms with van der Waals surface area (Å²) in [5, 5.41) is 23.9. The third kappa shape index (κ3) is 4.87. The molecule has 1 amide bonds. The van der Waals surface area contributed by atoms with E-state index < -0.39 is 28.6 Å². The van der Waals surface area contributed by atoms with Gasteiger partial charge in [-0.3, -0.25) is 9.48 Å². The minimum absolute atomic E-state index is 0.0987. The van der Waals surface area contributed by atoms with Crippen LogP contribution in [-0.4, -0.2) is 50.4 Å². The fourth-order valence-corrected chi connectivity index (χ4v) is 5.00. The van der Waals surface area contributed by atoms with Gasteiger partial charge in [-0.05, 0) is 55.7 Å². The average molecular weight is 534 g/mol. The molecule has 5 rings (SSSR count). The number of likely N-dealkylation sites (tertiary alicyclic amines) is 1. The molecule has 200 valence electrons. The normalized spacial score (nSPS) is 15.6. The number of fused-ring (bicyclic) bond motifs is 1. The number of halogens is 3. The Bertz CT molecular complexity index is 1650. The summed E-state index contributed by atoms with van der Waals surface area (Å²) in [7, 11) is 0. The predicted molar refractivity (Wildman–Crippen MR) is 140 cm³/mol. The first kappa shape index (κ1) is 26.4. The maximum absolute atomic E-state index is 15.7. The molecule has 2 heterocycles. The van der Waals surface area contributed by atoms with Gasteiger partial charge in [-0.2, -0.15) is 10.4 Å². The molecule has 7 nitrogen and oxygen atoms in total. The van der Waals surface area contributed by atoms with Crippen LogP contribution >= 0.6 is 0 Å². The van der Waals surface area contributed by atoms with Gasteiger partial charge in [0.2, 0.25) is 0 Å². The van der Waals surface area contributed by atoms with E-state index >= 15 is 13.2 Å². The highest BCUT2D eigenvalue weighted by Crippen LogP contribution is 2.40. The Morgan fingerprint density at radius 2 is 1.92 bits per heavy atom. The molecule has 1 aliphatic heterocycles. The van der Waals surface area contributed by atoms with Crippen molar-refractivity contribution in [3.63, 3.8) is 0 Å². The van der Waals surface area contributed by atoms with E-state index in [1.807, 2.05) is 0 Å². The van der Waals surface area contributed by atoms with Gasteiger partial charge in [0.05, 0.1) is 23.9 Å². The number of nitriles is 1. The summed E-state index contributed by atoms with van der Waals surface area (Å²) in [6.07, 6.45) is 2.00. The highest BCUT2D eigenvalue weighted by molar-refractivity contribution is 5.97. The number of nitrogens with two attached hydrogens (primary N) is 1. The highest BCUT2D eigenvalue weighted by Gasteiger charge is 2.28. The Morgan fingerprint density at radius 3 is 2.59 bits per heavy atom. The van der Waals surface area contributed by atoms with Gasteiger partial charge in [-0.15, -0.1) is 0 Å². The number of rotatable bonds is 5. The number of carbonyl (C=O) groups excluding carboxylic acids is 1. The Balaban J connectivity index is 1.68. The van der Waals surface area contributed by atoms with Gasteiger partial charge in [-0.1, -0.05) is 18.2 Å². The van der Waals surface area contributed by atoms with Crippen LogP contribution in [0.3, 0.4) is 0 Å². The van der Waals surface area contributed by atoms with E-state index in [0.29, 0.717) is 30.6 Å². The van der Waals surface area contributed by atoms with Crippen molar-refractivity contribution in [1.29, 1.82) is 5.26 Å². The first-order valence-electron chi connectivity index (χ1n) is 12.4. The zero-order valence-electron chi connectivity index (χ0n) is 21.4. The van der Waals surface area contributed by atoms with Gasteiger partial charge in [0, 0.05) is 41.2 Å². The van der Waals surface area contributed by atoms with E-state index in [2.05, 4.69) is 5.10 Å². The van der Waals surface area contributed by atoms with Crippen LogP contribution in [0.1, 0.15) is 36.2 Å². The maximum atomic E-state index is 15.7. The lowest BCUT2D eigenvalue weighted by Crippen LogP contribution is -2.31. The monoisotopic (exact) mass is 533 g/mol. The summed E-state index contributed by atoms with van der Waals surface area (Å²) in [5.41, 5.74) is 4.39. The predicted octanol–water partition coefficient (Wildman–Crippen LogP) is 4.60. The number of aliphatic hydroxyl groups is 1. The molecule has 1 aliphatic rings. The van der Waals surface area contributed by atoms with Gasteiger partial charge in [0.1, 0.15) is 17.4 Å². The molecule has 1 aromatic heterocycles. The SMILES string of the molecule is CC(C)(O)Cn1ncc2cc(-c3c(-c4cccc(C(=O)N5CC[C@H](N)C5)c4)ccc(C#N)c3F)c(F)c(F)c21. The third-order valence-electron chi connectivity index (χ3n) is 6.81. The molecule has 4 aromatic rings. The first-order valence-corrected chi connectivity index (χ1v) is 12.4. The third-order valence-corrected chi connectivity index (χ3v) is 6.81. The van der Waals surface area contributed by atoms with Crippen molar-refractivity contribution in [3.05, 3.63) is 77.2 Å². The summed E-state index contributed by atoms with van der Waals surface area (Å²) < 4.78 is 48.0. The van der Waals surface area contributed by atoms with E-state index in [1.165, 1.54) is 38.2 Å². The molecule has 10 heteroatoms. The molecule has 3 aromatic carbocycles. The smallest absolute Gasteiger partial charge is 0.253 e. The second-order valence-corrected chi connectivity index (χ2v) is 10.4. The number of hydrogen-bond donors (Lipinski definition) is 2. The van der Waals surface area contributed by atoms with E-state index in [-0.39, 0.29) is 46.1 Å². The molecule has 0 aliphatic carbocycles. The molecule has 1 fully saturated rings. The molecular weight excluding hydrogens is 507 g/mol. The molecule has 0 unspecified atom stereocenters. The number of carbonyl (C=O) groups is 1. The molecule has 0 radical (unpaired) electrons. The average Bonchev–Trinajstić information content (AvgIpc) is 3.50. The molecule has 0 saturated carbocycles. The second kappa shape index (κ2) is 9.84. The topological polar surface area (TPSA) is 108 Å². The minimum Gasteiger partial charge on any atom is -0.389 e. The summed E-state index contributed by atoms with van der Waals surface area (Å²) in [5.74, 6) is -3.84. The first-order chi connectivity index (χ1) is 18.5. The lowest BCUT2D eigenvalue weighted by molar-refractivity contribution is 0.0589. The second-order valence-electron chi connectivity index (χ2n) is 10.4. The van der Waals surface area contributed by atoms with Crippen molar-refractivity contribution in [2.24, 2.45) is 5.73 Å². The highest BCUT2D eigenvalue weighted by atomic mass is 19.2. The standard InChI is InChI=1S/C29H26F3N5O2/c1-29(2,39)15-37-27-19(13-35-37)11-22(25(31)26(27)32)23-21(7-6-18(12-33)24(23)30)16-4-3-5-17(10-16)28(38)36-9-8-20(34)14-36/h3-7,10-11,13,20,39H,8-9,14-15,34H2,1-2H3/t20-/m0/s1. The summed E-state index contributed by atoms with van der Waals surface area (Å²) in [6, 6.07) is 12.1. The van der Waals surface area contributed by atoms with Crippen LogP contribution in [-0.2, 0) is 6.54 Å². The quantitative estimate of drug-likeness (QED) is 0.390. The van der Waals surface area contributed by atoms with E-state index in [1.54, 1.807) is 35.2 Å². The van der Waals surface area contributed by atoms with Crippen molar-refractivity contribution in [2.45, 2.75) is 38.5 Å². The molecule has 1 saturated heterocycles. The van der Waals surface area contributed by atoms with Crippen molar-refractivity contribution < 1.29 is 23.1 Å². The molecular formula is C29H26F3N5O2. The lowest BCUT2D eigenvalue weighted by Gasteiger charge is -2.19. The van der Waals surface area contributed by atoms with Gasteiger partial charge in [-0.25, -0.2) is 13.2 Å². The molecule has 0 bridgehead atoms. The molecule has 1 atom stereocenters. The van der Waals surface area contributed by atoms with Gasteiger partial charge >= 0.3 is 0 Å². The number of hydrogen-bond acceptors (Lipinski definition) is 5. The van der Waals surface area contributed by atoms with Crippen molar-refractivity contribution >= 4 is 16.8 Å². The Kier molecular flexibility index (Phi) is 6.66. The van der Waals surface area contributed by atoms with Crippen molar-refractivity contribution in [2.75, 3.05) is 13.1 Å². The maximum Gasteiger partial charge on any atom is 0.253 e. The van der Waals surface area contributed by atoms with Crippen molar-refractivity contribution in [1.82, 2.24) is 14.7 Å². The number of benzene rings is 3. The van der Waals surface area contributed by atoms with Gasteiger partial charge in [0.15, 0.2) is 11.6 Å². The Hall–Kier alpha value is -4.20. The van der Waals surface area contributed by atoms with Crippen molar-refractivity contribution in [3.8, 4) is 28.3 Å². The van der Waals surface area contributed by atoms with Crippen LogP contribution in [0.2, 0.25) is 0 Å². The Morgan fingerprint density at radius 1 is 1.15 bits per heavy atom. The number of aromatic nitrogens is 2. The van der Waals surface area contributed by atoms with Crippen LogP contribution < -0.4 is 5.73 Å². The van der Waals surface area contributed by atoms with Gasteiger partial charge in [0.25, 0.3) is 5.91 Å². The number of amides is 1. The summed E-state index contributed by atoms with van der Waals surface area (Å²) >= 11 is 0. The fraction of sp³-hybridized carbons (Fsp3) is 0.276. The van der Waals surface area contributed by atoms with Gasteiger partial charge < -0.3 is 15.7 Å². The van der Waals surface area contributed by atoms with Crippen LogP contribution in [0.15, 0.2) is 48.7 Å². The van der Waals surface area contributed by atoms with Crippen LogP contribution in [0.4, 0.5) is 13.2 Å². The van der Waals surface area contributed by atoms with Crippen LogP contribution in [0.25, 0.3) is 33.2 Å². The van der Waals surface area contributed by atoms with E-state index in [0.717, 1.165) is 4.68 Å². The lowest BCUT2D eigenvalue weighted by atomic mass is 9.90. The summed E-state index contributed by atoms with van der Waals surface area (Å²) in [6.45, 7) is 3.86. The fourth-order valence-electron chi connectivity index (χ4n) is 5.00. The van der Waals surface area contributed by atoms with E-state index in [9.17, 15) is 15.2 Å². The van der Waals surface area contributed by atoms with Crippen LogP contribution in [0.5, 0.6) is 0 Å². The Labute approximate surface area is 222 Å². The molecule has 39 heavy (non-hydrogen) atoms. The summed E-state index contributed by atoms with van der Waals surface area (Å²) in [4.78, 5) is 14.7. The zero-order chi connectivity index (χ0) is 28.1. The minimum atomic E-state index is -1.33. The number of nitrogens with zero attached hydrogens (tertiary/aromatic N) is 4. The zero-order valence-corrected chi connectivity index (χ0v) is 21.4. The van der Waals surface area contributed by atoms with E-state index in [4.69, 9.17) is 5.73 Å². The molecule has 0 spiro atoms.